The molecule has 1 fully saturated rings. The number of hydrogen-bond acceptors (Lipinski definition) is 7. The molecule has 7 nitrogen and oxygen atoms in total. The van der Waals surface area contributed by atoms with E-state index in [1.54, 1.807) is 28.5 Å². The minimum atomic E-state index is -0.559. The smallest absolute Gasteiger partial charge is 0.330 e. The Labute approximate surface area is 135 Å². The number of aromatic amines is 1. The molecule has 2 heterocycles. The van der Waals surface area contributed by atoms with Crippen LogP contribution in [0.5, 0.6) is 0 Å². The van der Waals surface area contributed by atoms with Crippen LogP contribution in [0, 0.1) is 6.92 Å². The van der Waals surface area contributed by atoms with E-state index in [2.05, 4.69) is 4.98 Å². The fourth-order valence-electron chi connectivity index (χ4n) is 2.38. The molecule has 0 aliphatic carbocycles. The van der Waals surface area contributed by atoms with Crippen LogP contribution in [-0.4, -0.2) is 45.2 Å². The number of aryl methyl sites for hydroxylation is 1. The van der Waals surface area contributed by atoms with Crippen LogP contribution in [0.3, 0.4) is 0 Å². The van der Waals surface area contributed by atoms with Crippen LogP contribution in [0.15, 0.2) is 15.8 Å². The maximum atomic E-state index is 11.9. The number of rotatable bonds is 6. The van der Waals surface area contributed by atoms with Gasteiger partial charge >= 0.3 is 5.69 Å². The fourth-order valence-corrected chi connectivity index (χ4v) is 3.79. The Kier molecular flexibility index (Phi) is 6.16. The first-order valence-corrected chi connectivity index (χ1v) is 9.51. The molecule has 0 radical (unpaired) electrons. The maximum Gasteiger partial charge on any atom is 0.330 e. The molecule has 0 saturated carbocycles. The molecule has 1 saturated heterocycles. The predicted molar refractivity (Wildman–Crippen MR) is 87.1 cm³/mol. The van der Waals surface area contributed by atoms with Crippen LogP contribution in [-0.2, 0) is 9.47 Å². The second kappa shape index (κ2) is 7.69. The van der Waals surface area contributed by atoms with Gasteiger partial charge < -0.3 is 14.6 Å². The largest absolute Gasteiger partial charge is 0.394 e. The predicted octanol–water partition coefficient (Wildman–Crippen LogP) is 0.867. The van der Waals surface area contributed by atoms with Gasteiger partial charge in [0.15, 0.2) is 0 Å². The first kappa shape index (κ1) is 17.6. The third-order valence-corrected chi connectivity index (χ3v) is 5.38. The molecule has 0 bridgehead atoms. The zero-order valence-electron chi connectivity index (χ0n) is 12.6. The van der Waals surface area contributed by atoms with Crippen molar-refractivity contribution in [2.75, 3.05) is 12.9 Å². The van der Waals surface area contributed by atoms with Crippen molar-refractivity contribution in [2.24, 2.45) is 0 Å². The molecule has 9 heteroatoms. The molecule has 1 aromatic heterocycles. The Balaban J connectivity index is 2.16. The Morgan fingerprint density at radius 1 is 1.59 bits per heavy atom. The van der Waals surface area contributed by atoms with E-state index in [0.717, 1.165) is 0 Å². The van der Waals surface area contributed by atoms with Crippen molar-refractivity contribution < 1.29 is 14.6 Å². The van der Waals surface area contributed by atoms with Gasteiger partial charge in [0.05, 0.1) is 12.7 Å². The van der Waals surface area contributed by atoms with Crippen LogP contribution in [0.2, 0.25) is 0 Å². The minimum Gasteiger partial charge on any atom is -0.394 e. The Morgan fingerprint density at radius 2 is 2.32 bits per heavy atom. The third kappa shape index (κ3) is 3.96. The van der Waals surface area contributed by atoms with Crippen LogP contribution >= 0.6 is 21.6 Å². The molecule has 22 heavy (non-hydrogen) atoms. The van der Waals surface area contributed by atoms with Crippen LogP contribution in [0.4, 0.5) is 0 Å². The van der Waals surface area contributed by atoms with E-state index < -0.39 is 23.6 Å². The van der Waals surface area contributed by atoms with Gasteiger partial charge in [0.25, 0.3) is 5.56 Å². The van der Waals surface area contributed by atoms with Gasteiger partial charge in [0, 0.05) is 18.2 Å². The van der Waals surface area contributed by atoms with Gasteiger partial charge in [-0.3, -0.25) is 14.3 Å². The average molecular weight is 348 g/mol. The molecule has 2 N–H and O–H groups in total. The molecule has 124 valence electrons. The van der Waals surface area contributed by atoms with Crippen molar-refractivity contribution in [3.8, 4) is 0 Å². The Morgan fingerprint density at radius 3 is 2.95 bits per heavy atom. The molecule has 0 amide bonds. The molecule has 1 aromatic rings. The highest BCUT2D eigenvalue weighted by Gasteiger charge is 2.38. The first-order chi connectivity index (χ1) is 10.5. The van der Waals surface area contributed by atoms with Crippen molar-refractivity contribution in [1.29, 1.82) is 0 Å². The summed E-state index contributed by atoms with van der Waals surface area (Å²) in [6.45, 7) is 3.37. The molecule has 0 spiro atoms. The monoisotopic (exact) mass is 348 g/mol. The number of nitrogens with one attached hydrogen (secondary N) is 1. The number of H-pyrrole nitrogens is 1. The van der Waals surface area contributed by atoms with Gasteiger partial charge in [-0.25, -0.2) is 4.79 Å². The second-order valence-electron chi connectivity index (χ2n) is 5.03. The number of nitrogens with zero attached hydrogens (tertiary/aromatic N) is 1. The number of aromatic nitrogens is 2. The molecule has 1 aliphatic heterocycles. The zero-order valence-corrected chi connectivity index (χ0v) is 14.3. The lowest BCUT2D eigenvalue weighted by Crippen LogP contribution is -2.33. The summed E-state index contributed by atoms with van der Waals surface area (Å²) in [7, 11) is 3.17. The number of ether oxygens (including phenoxy) is 2. The quantitative estimate of drug-likeness (QED) is 0.582. The van der Waals surface area contributed by atoms with Crippen molar-refractivity contribution in [1.82, 2.24) is 9.55 Å². The summed E-state index contributed by atoms with van der Waals surface area (Å²) in [5, 5.41) is 9.45. The minimum absolute atomic E-state index is 0.0505. The maximum absolute atomic E-state index is 11.9. The summed E-state index contributed by atoms with van der Waals surface area (Å²) in [4.78, 5) is 25.6. The summed E-state index contributed by atoms with van der Waals surface area (Å²) in [6, 6.07) is 0. The summed E-state index contributed by atoms with van der Waals surface area (Å²) in [5.74, 6) is 0. The van der Waals surface area contributed by atoms with E-state index in [4.69, 9.17) is 9.47 Å². The van der Waals surface area contributed by atoms with E-state index in [9.17, 15) is 14.7 Å². The van der Waals surface area contributed by atoms with Crippen molar-refractivity contribution in [3.05, 3.63) is 32.6 Å². The van der Waals surface area contributed by atoms with Gasteiger partial charge in [0.1, 0.15) is 17.8 Å². The van der Waals surface area contributed by atoms with Gasteiger partial charge in [-0.15, -0.1) is 0 Å². The highest BCUT2D eigenvalue weighted by molar-refractivity contribution is 8.76. The number of aliphatic hydroxyl groups excluding tert-OH is 1. The van der Waals surface area contributed by atoms with E-state index in [0.29, 0.717) is 12.0 Å². The zero-order chi connectivity index (χ0) is 16.3. The highest BCUT2D eigenvalue weighted by Crippen LogP contribution is 2.33. The van der Waals surface area contributed by atoms with Crippen molar-refractivity contribution >= 4 is 21.6 Å². The lowest BCUT2D eigenvalue weighted by molar-refractivity contribution is -0.0645. The summed E-state index contributed by atoms with van der Waals surface area (Å²) in [6.07, 6.45) is 2.53. The van der Waals surface area contributed by atoms with E-state index in [1.807, 2.05) is 13.2 Å². The van der Waals surface area contributed by atoms with E-state index >= 15 is 0 Å². The van der Waals surface area contributed by atoms with Crippen LogP contribution in [0.1, 0.15) is 25.1 Å². The second-order valence-corrected chi connectivity index (χ2v) is 7.80. The SMILES string of the molecule is CSS[C@@H](C)OC1C[C@H](n2cc(C)c(=O)[nH]c2=O)O[C@@H]1CO. The molecule has 0 aromatic carbocycles. The topological polar surface area (TPSA) is 93.6 Å². The molecule has 2 rings (SSSR count). The molecular formula is C13H20N2O5S2. The summed E-state index contributed by atoms with van der Waals surface area (Å²) >= 11 is 0. The average Bonchev–Trinajstić information content (AvgIpc) is 2.85. The standard InChI is InChI=1S/C13H20N2O5S2/c1-7-5-15(13(18)14-12(7)17)11-4-9(10(6-16)20-11)19-8(2)22-21-3/h5,8-11,16H,4,6H2,1-3H3,(H,14,17,18)/t8-,9?,10+,11+/m0/s1. The van der Waals surface area contributed by atoms with Gasteiger partial charge in [-0.2, -0.15) is 0 Å². The van der Waals surface area contributed by atoms with E-state index in [-0.39, 0.29) is 18.1 Å². The van der Waals surface area contributed by atoms with Gasteiger partial charge in [-0.05, 0) is 20.1 Å². The Hall–Kier alpha value is -0.740. The fraction of sp³-hybridized carbons (Fsp3) is 0.692. The van der Waals surface area contributed by atoms with Crippen molar-refractivity contribution in [2.45, 2.75) is 44.1 Å². The normalized spacial score (nSPS) is 26.3. The lowest BCUT2D eigenvalue weighted by Gasteiger charge is -2.20. The molecular weight excluding hydrogens is 328 g/mol. The molecule has 4 atom stereocenters. The van der Waals surface area contributed by atoms with Crippen LogP contribution in [0.25, 0.3) is 0 Å². The van der Waals surface area contributed by atoms with E-state index in [1.165, 1.54) is 10.8 Å². The summed E-state index contributed by atoms with van der Waals surface area (Å²) < 4.78 is 12.9. The van der Waals surface area contributed by atoms with Crippen molar-refractivity contribution in [3.63, 3.8) is 0 Å². The van der Waals surface area contributed by atoms with Crippen LogP contribution < -0.4 is 11.2 Å². The summed E-state index contributed by atoms with van der Waals surface area (Å²) in [5.41, 5.74) is -0.551. The van der Waals surface area contributed by atoms with Gasteiger partial charge in [0.2, 0.25) is 0 Å². The third-order valence-electron chi connectivity index (χ3n) is 3.41. The Bertz CT molecular complexity index is 617. The number of aliphatic hydroxyl groups is 1. The first-order valence-electron chi connectivity index (χ1n) is 6.89. The highest BCUT2D eigenvalue weighted by atomic mass is 33.1. The lowest BCUT2D eigenvalue weighted by atomic mass is 10.2. The molecule has 1 aliphatic rings. The van der Waals surface area contributed by atoms with Gasteiger partial charge in [-0.1, -0.05) is 21.6 Å². The molecule has 1 unspecified atom stereocenters. The number of hydrogen-bond donors (Lipinski definition) is 2.